The number of nitrogens with zero attached hydrogens (tertiary/aromatic N) is 2. The van der Waals surface area contributed by atoms with E-state index in [1.165, 1.54) is 11.8 Å². The molecular weight excluding hydrogens is 328 g/mol. The molecule has 0 radical (unpaired) electrons. The molecule has 0 saturated heterocycles. The summed E-state index contributed by atoms with van der Waals surface area (Å²) in [4.78, 5) is 20.6. The van der Waals surface area contributed by atoms with Gasteiger partial charge in [-0.3, -0.25) is 4.79 Å². The van der Waals surface area contributed by atoms with Crippen molar-refractivity contribution in [1.29, 1.82) is 0 Å². The van der Waals surface area contributed by atoms with Crippen molar-refractivity contribution in [1.82, 2.24) is 9.97 Å². The zero-order valence-electron chi connectivity index (χ0n) is 9.84. The molecule has 0 aromatic carbocycles. The lowest BCUT2D eigenvalue weighted by Crippen LogP contribution is -2.14. The van der Waals surface area contributed by atoms with Crippen LogP contribution in [0.15, 0.2) is 46.0 Å². The zero-order chi connectivity index (χ0) is 13.7. The van der Waals surface area contributed by atoms with Gasteiger partial charge in [0.05, 0.1) is 5.75 Å². The van der Waals surface area contributed by atoms with E-state index in [2.05, 4.69) is 31.2 Å². The van der Waals surface area contributed by atoms with Crippen LogP contribution in [0.3, 0.4) is 0 Å². The average molecular weight is 339 g/mol. The Hall–Kier alpha value is -1.60. The van der Waals surface area contributed by atoms with Crippen LogP contribution in [0.25, 0.3) is 0 Å². The van der Waals surface area contributed by atoms with Crippen molar-refractivity contribution in [2.45, 2.75) is 4.90 Å². The van der Waals surface area contributed by atoms with Gasteiger partial charge in [0.15, 0.2) is 0 Å². The highest BCUT2D eigenvalue weighted by Crippen LogP contribution is 2.17. The second-order valence-electron chi connectivity index (χ2n) is 3.62. The van der Waals surface area contributed by atoms with Gasteiger partial charge in [0.2, 0.25) is 5.91 Å². The van der Waals surface area contributed by atoms with Gasteiger partial charge in [0, 0.05) is 21.8 Å². The Morgan fingerprint density at radius 3 is 2.74 bits per heavy atom. The number of rotatable bonds is 4. The maximum Gasteiger partial charge on any atom is 0.235 e. The Bertz CT molecular complexity index is 559. The number of amides is 1. The van der Waals surface area contributed by atoms with Gasteiger partial charge in [0.1, 0.15) is 11.6 Å². The van der Waals surface area contributed by atoms with E-state index in [0.717, 1.165) is 9.37 Å². The number of hydrogen-bond donors (Lipinski definition) is 2. The van der Waals surface area contributed by atoms with E-state index in [9.17, 15) is 4.79 Å². The first-order chi connectivity index (χ1) is 9.13. The van der Waals surface area contributed by atoms with Gasteiger partial charge in [-0.15, -0.1) is 11.8 Å². The second kappa shape index (κ2) is 6.53. The fourth-order valence-electron chi connectivity index (χ4n) is 1.25. The molecule has 0 unspecified atom stereocenters. The summed E-state index contributed by atoms with van der Waals surface area (Å²) in [6, 6.07) is 7.09. The van der Waals surface area contributed by atoms with Crippen molar-refractivity contribution in [3.05, 3.63) is 41.1 Å². The van der Waals surface area contributed by atoms with E-state index >= 15 is 0 Å². The minimum absolute atomic E-state index is 0.114. The van der Waals surface area contributed by atoms with Crippen molar-refractivity contribution in [3.8, 4) is 0 Å². The maximum absolute atomic E-state index is 11.7. The fraction of sp³-hybridized carbons (Fsp3) is 0.0833. The highest BCUT2D eigenvalue weighted by atomic mass is 79.9. The van der Waals surface area contributed by atoms with Crippen LogP contribution in [0.1, 0.15) is 0 Å². The smallest absolute Gasteiger partial charge is 0.235 e. The van der Waals surface area contributed by atoms with Crippen molar-refractivity contribution in [3.63, 3.8) is 0 Å². The zero-order valence-corrected chi connectivity index (χ0v) is 12.2. The summed E-state index contributed by atoms with van der Waals surface area (Å²) in [6.45, 7) is 0. The van der Waals surface area contributed by atoms with E-state index in [1.54, 1.807) is 24.5 Å². The number of halogens is 1. The van der Waals surface area contributed by atoms with E-state index < -0.39 is 0 Å². The highest BCUT2D eigenvalue weighted by molar-refractivity contribution is 9.10. The highest BCUT2D eigenvalue weighted by Gasteiger charge is 2.04. The summed E-state index contributed by atoms with van der Waals surface area (Å²) < 4.78 is 0.868. The monoisotopic (exact) mass is 338 g/mol. The largest absolute Gasteiger partial charge is 0.384 e. The second-order valence-corrected chi connectivity index (χ2v) is 5.58. The molecular formula is C12H11BrN4OS. The molecule has 3 N–H and O–H groups in total. The summed E-state index contributed by atoms with van der Waals surface area (Å²) in [5, 5.41) is 2.71. The predicted molar refractivity (Wildman–Crippen MR) is 79.9 cm³/mol. The Balaban J connectivity index is 1.84. The lowest BCUT2D eigenvalue weighted by Gasteiger charge is -2.04. The van der Waals surface area contributed by atoms with E-state index in [0.29, 0.717) is 17.4 Å². The van der Waals surface area contributed by atoms with E-state index in [1.807, 2.05) is 12.1 Å². The Morgan fingerprint density at radius 1 is 1.26 bits per heavy atom. The summed E-state index contributed by atoms with van der Waals surface area (Å²) in [7, 11) is 0. The molecule has 0 bridgehead atoms. The van der Waals surface area contributed by atoms with Gasteiger partial charge < -0.3 is 11.1 Å². The van der Waals surface area contributed by atoms with Gasteiger partial charge in [-0.2, -0.15) is 0 Å². The molecule has 0 aliphatic carbocycles. The van der Waals surface area contributed by atoms with Crippen molar-refractivity contribution >= 4 is 45.2 Å². The molecule has 0 aliphatic heterocycles. The number of carbonyl (C=O) groups excluding carboxylic acids is 1. The first-order valence-electron chi connectivity index (χ1n) is 5.39. The number of nitrogen functional groups attached to an aromatic ring is 1. The third-order valence-electron chi connectivity index (χ3n) is 2.12. The number of aromatic nitrogens is 2. The molecule has 2 aromatic rings. The quantitative estimate of drug-likeness (QED) is 0.837. The third kappa shape index (κ3) is 4.53. The van der Waals surface area contributed by atoms with Gasteiger partial charge in [-0.25, -0.2) is 9.97 Å². The van der Waals surface area contributed by atoms with Crippen LogP contribution >= 0.6 is 27.7 Å². The normalized spacial score (nSPS) is 10.2. The number of carbonyl (C=O) groups is 1. The van der Waals surface area contributed by atoms with Gasteiger partial charge in [-0.05, 0) is 40.2 Å². The molecule has 5 nitrogen and oxygen atoms in total. The Kier molecular flexibility index (Phi) is 4.75. The van der Waals surface area contributed by atoms with Gasteiger partial charge in [-0.1, -0.05) is 0 Å². The molecule has 1 amide bonds. The number of anilines is 2. The molecule has 0 aliphatic rings. The summed E-state index contributed by atoms with van der Waals surface area (Å²) in [5.74, 6) is 1.18. The minimum atomic E-state index is -0.114. The predicted octanol–water partition coefficient (Wildman–Crippen LogP) is 2.55. The molecule has 0 atom stereocenters. The first-order valence-corrected chi connectivity index (χ1v) is 7.17. The Morgan fingerprint density at radius 2 is 2.11 bits per heavy atom. The fourth-order valence-corrected chi connectivity index (χ4v) is 2.15. The minimum Gasteiger partial charge on any atom is -0.384 e. The Labute approximate surface area is 123 Å². The average Bonchev–Trinajstić information content (AvgIpc) is 2.41. The number of nitrogens with two attached hydrogens (primary N) is 1. The molecule has 98 valence electrons. The standard InChI is InChI=1S/C12H11BrN4OS/c13-8-1-4-11(16-5-8)17-12(18)7-19-9-2-3-10(14)15-6-9/h1-6H,7H2,(H2,14,15)(H,16,17,18). The number of hydrogen-bond acceptors (Lipinski definition) is 5. The summed E-state index contributed by atoms with van der Waals surface area (Å²) >= 11 is 4.67. The topological polar surface area (TPSA) is 80.9 Å². The number of nitrogens with one attached hydrogen (secondary N) is 1. The molecule has 19 heavy (non-hydrogen) atoms. The van der Waals surface area contributed by atoms with Crippen LogP contribution in [-0.2, 0) is 4.79 Å². The van der Waals surface area contributed by atoms with Crippen LogP contribution in [0.4, 0.5) is 11.6 Å². The van der Waals surface area contributed by atoms with Crippen molar-refractivity contribution in [2.75, 3.05) is 16.8 Å². The number of pyridine rings is 2. The van der Waals surface area contributed by atoms with E-state index in [4.69, 9.17) is 5.73 Å². The molecule has 0 saturated carbocycles. The molecule has 2 heterocycles. The van der Waals surface area contributed by atoms with Gasteiger partial charge >= 0.3 is 0 Å². The summed E-state index contributed by atoms with van der Waals surface area (Å²) in [6.07, 6.45) is 3.28. The molecule has 2 aromatic heterocycles. The molecule has 0 fully saturated rings. The van der Waals surface area contributed by atoms with E-state index in [-0.39, 0.29) is 5.91 Å². The van der Waals surface area contributed by atoms with Crippen molar-refractivity contribution in [2.24, 2.45) is 0 Å². The lowest BCUT2D eigenvalue weighted by molar-refractivity contribution is -0.113. The van der Waals surface area contributed by atoms with Crippen LogP contribution in [0.2, 0.25) is 0 Å². The molecule has 2 rings (SSSR count). The number of thioether (sulfide) groups is 1. The van der Waals surface area contributed by atoms with Crippen LogP contribution in [0.5, 0.6) is 0 Å². The van der Waals surface area contributed by atoms with Crippen LogP contribution in [0, 0.1) is 0 Å². The molecule has 0 spiro atoms. The van der Waals surface area contributed by atoms with Crippen LogP contribution in [-0.4, -0.2) is 21.6 Å². The maximum atomic E-state index is 11.7. The summed E-state index contributed by atoms with van der Waals surface area (Å²) in [5.41, 5.74) is 5.49. The SMILES string of the molecule is Nc1ccc(SCC(=O)Nc2ccc(Br)cn2)cn1. The van der Waals surface area contributed by atoms with Crippen LogP contribution < -0.4 is 11.1 Å². The first kappa shape index (κ1) is 13.8. The van der Waals surface area contributed by atoms with Crippen molar-refractivity contribution < 1.29 is 4.79 Å². The lowest BCUT2D eigenvalue weighted by atomic mass is 10.4. The third-order valence-corrected chi connectivity index (χ3v) is 3.57. The molecule has 7 heteroatoms. The van der Waals surface area contributed by atoms with Gasteiger partial charge in [0.25, 0.3) is 0 Å².